The summed E-state index contributed by atoms with van der Waals surface area (Å²) in [5.74, 6) is 0.125. The summed E-state index contributed by atoms with van der Waals surface area (Å²) in [4.78, 5) is 15.7. The van der Waals surface area contributed by atoms with E-state index in [0.717, 1.165) is 37.6 Å². The van der Waals surface area contributed by atoms with E-state index < -0.39 is 11.4 Å². The molecule has 1 saturated heterocycles. The zero-order chi connectivity index (χ0) is 15.5. The number of nitrogens with zero attached hydrogens (tertiary/aromatic N) is 2. The number of carboxylic acid groups (broad SMARTS) is 1. The number of hydrogen-bond donors (Lipinski definition) is 1. The van der Waals surface area contributed by atoms with Crippen LogP contribution in [0, 0.1) is 5.41 Å². The summed E-state index contributed by atoms with van der Waals surface area (Å²) in [5, 5.41) is 9.21. The van der Waals surface area contributed by atoms with Gasteiger partial charge in [0.15, 0.2) is 0 Å². The predicted octanol–water partition coefficient (Wildman–Crippen LogP) is 1.93. The minimum Gasteiger partial charge on any atom is -0.497 e. The first kappa shape index (κ1) is 15.6. The van der Waals surface area contributed by atoms with Gasteiger partial charge in [-0.15, -0.1) is 0 Å². The van der Waals surface area contributed by atoms with E-state index in [2.05, 4.69) is 15.9 Å². The Hall–Kier alpha value is -1.75. The third-order valence-corrected chi connectivity index (χ3v) is 3.99. The van der Waals surface area contributed by atoms with Crippen molar-refractivity contribution in [3.63, 3.8) is 0 Å². The lowest BCUT2D eigenvalue weighted by Crippen LogP contribution is -2.50. The van der Waals surface area contributed by atoms with Gasteiger partial charge in [0.2, 0.25) is 0 Å². The van der Waals surface area contributed by atoms with E-state index in [4.69, 9.17) is 4.74 Å². The van der Waals surface area contributed by atoms with Crippen LogP contribution in [0.2, 0.25) is 0 Å². The van der Waals surface area contributed by atoms with E-state index in [-0.39, 0.29) is 0 Å². The zero-order valence-electron chi connectivity index (χ0n) is 13.0. The van der Waals surface area contributed by atoms with E-state index in [1.165, 1.54) is 0 Å². The number of carbonyl (C=O) groups is 1. The van der Waals surface area contributed by atoms with Crippen LogP contribution in [0.4, 0.5) is 5.69 Å². The Morgan fingerprint density at radius 3 is 2.52 bits per heavy atom. The molecule has 1 aromatic rings. The van der Waals surface area contributed by atoms with E-state index in [0.29, 0.717) is 6.54 Å². The highest BCUT2D eigenvalue weighted by Gasteiger charge is 2.31. The Morgan fingerprint density at radius 1 is 1.29 bits per heavy atom. The molecule has 0 saturated carbocycles. The quantitative estimate of drug-likeness (QED) is 0.898. The molecule has 0 aliphatic carbocycles. The van der Waals surface area contributed by atoms with Crippen LogP contribution >= 0.6 is 0 Å². The average Bonchev–Trinajstić information content (AvgIpc) is 2.47. The lowest BCUT2D eigenvalue weighted by Gasteiger charge is -2.38. The van der Waals surface area contributed by atoms with Gasteiger partial charge in [-0.25, -0.2) is 0 Å². The van der Waals surface area contributed by atoms with Crippen LogP contribution in [0.1, 0.15) is 13.8 Å². The molecule has 0 aromatic heterocycles. The summed E-state index contributed by atoms with van der Waals surface area (Å²) in [6.45, 7) is 7.73. The van der Waals surface area contributed by atoms with Gasteiger partial charge in [0, 0.05) is 44.5 Å². The van der Waals surface area contributed by atoms with Crippen molar-refractivity contribution in [2.24, 2.45) is 5.41 Å². The number of methoxy groups -OCH3 is 1. The SMILES string of the molecule is COc1cccc(N2CCN(CC(C)(C)C(=O)O)CC2)c1. The Kier molecular flexibility index (Phi) is 4.73. The summed E-state index contributed by atoms with van der Waals surface area (Å²) in [5.41, 5.74) is 0.462. The van der Waals surface area contributed by atoms with Gasteiger partial charge >= 0.3 is 5.97 Å². The lowest BCUT2D eigenvalue weighted by molar-refractivity contribution is -0.148. The second-order valence-electron chi connectivity index (χ2n) is 6.15. The van der Waals surface area contributed by atoms with Gasteiger partial charge < -0.3 is 14.7 Å². The first-order chi connectivity index (χ1) is 9.92. The number of ether oxygens (including phenoxy) is 1. The molecule has 1 heterocycles. The van der Waals surface area contributed by atoms with Crippen molar-refractivity contribution in [1.82, 2.24) is 4.90 Å². The molecule has 0 amide bonds. The molecule has 2 rings (SSSR count). The molecule has 1 aliphatic heterocycles. The van der Waals surface area contributed by atoms with Crippen molar-refractivity contribution in [2.45, 2.75) is 13.8 Å². The van der Waals surface area contributed by atoms with Crippen LogP contribution in [0.15, 0.2) is 24.3 Å². The molecule has 0 bridgehead atoms. The maximum absolute atomic E-state index is 11.2. The fourth-order valence-electron chi connectivity index (χ4n) is 2.60. The standard InChI is InChI=1S/C16H24N2O3/c1-16(2,15(19)20)12-17-7-9-18(10-8-17)13-5-4-6-14(11-13)21-3/h4-6,11H,7-10,12H2,1-3H3,(H,19,20). The van der Waals surface area contributed by atoms with E-state index in [1.54, 1.807) is 21.0 Å². The number of hydrogen-bond acceptors (Lipinski definition) is 4. The topological polar surface area (TPSA) is 53.0 Å². The van der Waals surface area contributed by atoms with Gasteiger partial charge in [0.1, 0.15) is 5.75 Å². The van der Waals surface area contributed by atoms with Gasteiger partial charge in [0.25, 0.3) is 0 Å². The molecule has 1 N–H and O–H groups in total. The fourth-order valence-corrected chi connectivity index (χ4v) is 2.60. The molecule has 1 aliphatic rings. The summed E-state index contributed by atoms with van der Waals surface area (Å²) < 4.78 is 5.26. The number of benzene rings is 1. The number of aliphatic carboxylic acids is 1. The molecule has 1 fully saturated rings. The van der Waals surface area contributed by atoms with Gasteiger partial charge in [0.05, 0.1) is 12.5 Å². The van der Waals surface area contributed by atoms with Crippen molar-refractivity contribution in [3.05, 3.63) is 24.3 Å². The second kappa shape index (κ2) is 6.35. The van der Waals surface area contributed by atoms with Crippen LogP contribution in [0.25, 0.3) is 0 Å². The molecular weight excluding hydrogens is 268 g/mol. The van der Waals surface area contributed by atoms with Crippen molar-refractivity contribution >= 4 is 11.7 Å². The van der Waals surface area contributed by atoms with E-state index in [1.807, 2.05) is 18.2 Å². The number of anilines is 1. The average molecular weight is 292 g/mol. The highest BCUT2D eigenvalue weighted by molar-refractivity contribution is 5.73. The Bertz CT molecular complexity index is 494. The summed E-state index contributed by atoms with van der Waals surface area (Å²) in [7, 11) is 1.67. The highest BCUT2D eigenvalue weighted by Crippen LogP contribution is 2.23. The van der Waals surface area contributed by atoms with Crippen LogP contribution in [-0.4, -0.2) is 55.8 Å². The van der Waals surface area contributed by atoms with Crippen molar-refractivity contribution in [1.29, 1.82) is 0 Å². The van der Waals surface area contributed by atoms with Gasteiger partial charge in [-0.05, 0) is 26.0 Å². The van der Waals surface area contributed by atoms with Gasteiger partial charge in [-0.2, -0.15) is 0 Å². The molecule has 116 valence electrons. The van der Waals surface area contributed by atoms with E-state index >= 15 is 0 Å². The molecule has 21 heavy (non-hydrogen) atoms. The van der Waals surface area contributed by atoms with Gasteiger partial charge in [-0.1, -0.05) is 6.07 Å². The predicted molar refractivity (Wildman–Crippen MR) is 83.1 cm³/mol. The number of piperazine rings is 1. The Labute approximate surface area is 126 Å². The third kappa shape index (κ3) is 3.88. The smallest absolute Gasteiger partial charge is 0.310 e. The molecule has 5 heteroatoms. The largest absolute Gasteiger partial charge is 0.497 e. The summed E-state index contributed by atoms with van der Waals surface area (Å²) >= 11 is 0. The minimum atomic E-state index is -0.738. The van der Waals surface area contributed by atoms with Crippen molar-refractivity contribution in [3.8, 4) is 5.75 Å². The van der Waals surface area contributed by atoms with Crippen molar-refractivity contribution in [2.75, 3.05) is 44.7 Å². The number of rotatable bonds is 5. The first-order valence-electron chi connectivity index (χ1n) is 7.27. The summed E-state index contributed by atoms with van der Waals surface area (Å²) in [6, 6.07) is 8.05. The second-order valence-corrected chi connectivity index (χ2v) is 6.15. The number of carboxylic acids is 1. The zero-order valence-corrected chi connectivity index (χ0v) is 13.0. The van der Waals surface area contributed by atoms with E-state index in [9.17, 15) is 9.90 Å². The third-order valence-electron chi connectivity index (χ3n) is 3.99. The van der Waals surface area contributed by atoms with Crippen molar-refractivity contribution < 1.29 is 14.6 Å². The molecular formula is C16H24N2O3. The Morgan fingerprint density at radius 2 is 1.95 bits per heavy atom. The summed E-state index contributed by atoms with van der Waals surface area (Å²) in [6.07, 6.45) is 0. The van der Waals surface area contributed by atoms with Gasteiger partial charge in [-0.3, -0.25) is 9.69 Å². The molecule has 0 unspecified atom stereocenters. The van der Waals surface area contributed by atoms with Crippen LogP contribution < -0.4 is 9.64 Å². The Balaban J connectivity index is 1.92. The maximum Gasteiger partial charge on any atom is 0.310 e. The molecule has 5 nitrogen and oxygen atoms in total. The molecule has 0 atom stereocenters. The fraction of sp³-hybridized carbons (Fsp3) is 0.562. The monoisotopic (exact) mass is 292 g/mol. The van der Waals surface area contributed by atoms with Crippen LogP contribution in [0.3, 0.4) is 0 Å². The molecule has 1 aromatic carbocycles. The minimum absolute atomic E-state index is 0.592. The lowest BCUT2D eigenvalue weighted by atomic mass is 9.93. The normalized spacial score (nSPS) is 16.8. The molecule has 0 radical (unpaired) electrons. The van der Waals surface area contributed by atoms with Crippen LogP contribution in [0.5, 0.6) is 5.75 Å². The highest BCUT2D eigenvalue weighted by atomic mass is 16.5. The molecule has 0 spiro atoms. The van der Waals surface area contributed by atoms with Crippen LogP contribution in [-0.2, 0) is 4.79 Å². The maximum atomic E-state index is 11.2. The first-order valence-corrected chi connectivity index (χ1v) is 7.27.